The fraction of sp³-hybridized carbons (Fsp3) is 1.00. The molecule has 60 valence electrons. The van der Waals surface area contributed by atoms with E-state index in [0.29, 0.717) is 0 Å². The molecule has 0 aromatic carbocycles. The zero-order valence-corrected chi connectivity index (χ0v) is 6.64. The van der Waals surface area contributed by atoms with Crippen molar-refractivity contribution in [2.75, 3.05) is 13.7 Å². The monoisotopic (exact) mass is 143 g/mol. The van der Waals surface area contributed by atoms with Gasteiger partial charge in [-0.1, -0.05) is 12.8 Å². The highest BCUT2D eigenvalue weighted by atomic mass is 15.3. The van der Waals surface area contributed by atoms with Gasteiger partial charge in [-0.25, -0.2) is 5.43 Å². The Kier molecular flexibility index (Phi) is 3.12. The summed E-state index contributed by atoms with van der Waals surface area (Å²) in [6.45, 7) is 0.810. The van der Waals surface area contributed by atoms with Crippen molar-refractivity contribution in [2.45, 2.75) is 31.7 Å². The molecule has 3 heteroatoms. The van der Waals surface area contributed by atoms with Gasteiger partial charge in [-0.15, -0.1) is 0 Å². The Balaban J connectivity index is 2.18. The van der Waals surface area contributed by atoms with E-state index in [1.807, 2.05) is 0 Å². The zero-order valence-electron chi connectivity index (χ0n) is 6.64. The lowest BCUT2D eigenvalue weighted by Gasteiger charge is -2.22. The average molecular weight is 143 g/mol. The number of nitrogens with one attached hydrogen (secondary N) is 1. The summed E-state index contributed by atoms with van der Waals surface area (Å²) in [5, 5.41) is 0. The van der Waals surface area contributed by atoms with Gasteiger partial charge in [0.05, 0.1) is 6.67 Å². The van der Waals surface area contributed by atoms with Gasteiger partial charge in [0.1, 0.15) is 0 Å². The number of nitrogens with two attached hydrogens (primary N) is 1. The lowest BCUT2D eigenvalue weighted by molar-refractivity contribution is 0.228. The summed E-state index contributed by atoms with van der Waals surface area (Å²) in [6.07, 6.45) is 5.47. The SMILES string of the molecule is CN(CNN)C1CCCC1. The van der Waals surface area contributed by atoms with Crippen molar-refractivity contribution in [3.05, 3.63) is 0 Å². The molecule has 0 atom stereocenters. The fourth-order valence-electron chi connectivity index (χ4n) is 1.62. The third-order valence-electron chi connectivity index (χ3n) is 2.29. The quantitative estimate of drug-likeness (QED) is 0.339. The van der Waals surface area contributed by atoms with Gasteiger partial charge < -0.3 is 0 Å². The molecule has 0 unspecified atom stereocenters. The molecule has 0 spiro atoms. The van der Waals surface area contributed by atoms with E-state index in [-0.39, 0.29) is 0 Å². The van der Waals surface area contributed by atoms with Crippen LogP contribution in [0.25, 0.3) is 0 Å². The van der Waals surface area contributed by atoms with Gasteiger partial charge >= 0.3 is 0 Å². The molecule has 0 radical (unpaired) electrons. The topological polar surface area (TPSA) is 41.3 Å². The summed E-state index contributed by atoms with van der Waals surface area (Å²) in [5.74, 6) is 5.21. The second kappa shape index (κ2) is 3.91. The second-order valence-corrected chi connectivity index (χ2v) is 3.06. The minimum atomic E-state index is 0.774. The molecule has 0 aromatic heterocycles. The standard InChI is InChI=1S/C7H17N3/c1-10(6-9-8)7-4-2-3-5-7/h7,9H,2-6,8H2,1H3. The van der Waals surface area contributed by atoms with E-state index < -0.39 is 0 Å². The van der Waals surface area contributed by atoms with Crippen LogP contribution in [-0.2, 0) is 0 Å². The molecular formula is C7H17N3. The molecule has 1 rings (SSSR count). The number of hydrazine groups is 1. The Morgan fingerprint density at radius 2 is 2.10 bits per heavy atom. The van der Waals surface area contributed by atoms with E-state index in [2.05, 4.69) is 17.4 Å². The largest absolute Gasteiger partial charge is 0.290 e. The molecule has 0 saturated heterocycles. The van der Waals surface area contributed by atoms with Crippen LogP contribution in [-0.4, -0.2) is 24.7 Å². The molecule has 1 saturated carbocycles. The number of hydrogen-bond donors (Lipinski definition) is 2. The van der Waals surface area contributed by atoms with Crippen molar-refractivity contribution in [3.8, 4) is 0 Å². The van der Waals surface area contributed by atoms with Gasteiger partial charge in [-0.3, -0.25) is 10.7 Å². The molecule has 1 fully saturated rings. The average Bonchev–Trinajstić information content (AvgIpc) is 2.38. The highest BCUT2D eigenvalue weighted by Gasteiger charge is 2.18. The number of nitrogens with zero attached hydrogens (tertiary/aromatic N) is 1. The minimum absolute atomic E-state index is 0.774. The van der Waals surface area contributed by atoms with Crippen LogP contribution in [0.4, 0.5) is 0 Å². The van der Waals surface area contributed by atoms with Crippen LogP contribution in [0.3, 0.4) is 0 Å². The first-order valence-corrected chi connectivity index (χ1v) is 3.98. The Bertz CT molecular complexity index is 88.9. The van der Waals surface area contributed by atoms with Crippen LogP contribution in [0.1, 0.15) is 25.7 Å². The molecule has 0 aromatic rings. The summed E-state index contributed by atoms with van der Waals surface area (Å²) in [7, 11) is 2.12. The normalized spacial score (nSPS) is 20.7. The summed E-state index contributed by atoms with van der Waals surface area (Å²) in [6, 6.07) is 0.774. The van der Waals surface area contributed by atoms with Crippen molar-refractivity contribution >= 4 is 0 Å². The fourth-order valence-corrected chi connectivity index (χ4v) is 1.62. The Morgan fingerprint density at radius 3 is 2.60 bits per heavy atom. The van der Waals surface area contributed by atoms with Crippen molar-refractivity contribution in [2.24, 2.45) is 5.84 Å². The predicted octanol–water partition coefficient (Wildman–Crippen LogP) is 0.282. The molecule has 3 nitrogen and oxygen atoms in total. The number of rotatable bonds is 3. The lowest BCUT2D eigenvalue weighted by atomic mass is 10.2. The van der Waals surface area contributed by atoms with Gasteiger partial charge in [0.25, 0.3) is 0 Å². The Morgan fingerprint density at radius 1 is 1.50 bits per heavy atom. The maximum atomic E-state index is 5.21. The molecule has 10 heavy (non-hydrogen) atoms. The summed E-state index contributed by atoms with van der Waals surface area (Å²) in [4.78, 5) is 2.28. The van der Waals surface area contributed by atoms with Gasteiger partial charge in [-0.2, -0.15) is 0 Å². The molecule has 0 amide bonds. The van der Waals surface area contributed by atoms with E-state index >= 15 is 0 Å². The number of hydrogen-bond acceptors (Lipinski definition) is 3. The Hall–Kier alpha value is -0.120. The van der Waals surface area contributed by atoms with Gasteiger partial charge in [0.2, 0.25) is 0 Å². The van der Waals surface area contributed by atoms with Crippen molar-refractivity contribution in [3.63, 3.8) is 0 Å². The van der Waals surface area contributed by atoms with E-state index in [4.69, 9.17) is 5.84 Å². The van der Waals surface area contributed by atoms with Crippen molar-refractivity contribution in [1.29, 1.82) is 0 Å². The zero-order chi connectivity index (χ0) is 7.40. The summed E-state index contributed by atoms with van der Waals surface area (Å²) < 4.78 is 0. The minimum Gasteiger partial charge on any atom is -0.290 e. The predicted molar refractivity (Wildman–Crippen MR) is 42.2 cm³/mol. The van der Waals surface area contributed by atoms with Crippen LogP contribution in [0.15, 0.2) is 0 Å². The van der Waals surface area contributed by atoms with Gasteiger partial charge in [-0.05, 0) is 19.9 Å². The smallest absolute Gasteiger partial charge is 0.0612 e. The highest BCUT2D eigenvalue weighted by Crippen LogP contribution is 2.21. The van der Waals surface area contributed by atoms with Crippen LogP contribution < -0.4 is 11.3 Å². The molecule has 1 aliphatic rings. The first-order valence-electron chi connectivity index (χ1n) is 3.98. The van der Waals surface area contributed by atoms with E-state index in [1.165, 1.54) is 25.7 Å². The molecule has 1 aliphatic carbocycles. The van der Waals surface area contributed by atoms with E-state index in [0.717, 1.165) is 12.7 Å². The van der Waals surface area contributed by atoms with Crippen molar-refractivity contribution < 1.29 is 0 Å². The summed E-state index contributed by atoms with van der Waals surface area (Å²) in [5.41, 5.74) is 2.67. The maximum Gasteiger partial charge on any atom is 0.0612 e. The van der Waals surface area contributed by atoms with Crippen LogP contribution in [0, 0.1) is 0 Å². The third-order valence-corrected chi connectivity index (χ3v) is 2.29. The van der Waals surface area contributed by atoms with Crippen LogP contribution in [0.2, 0.25) is 0 Å². The Labute approximate surface area is 62.5 Å². The van der Waals surface area contributed by atoms with E-state index in [1.54, 1.807) is 0 Å². The van der Waals surface area contributed by atoms with Gasteiger partial charge in [0, 0.05) is 6.04 Å². The molecular weight excluding hydrogens is 126 g/mol. The van der Waals surface area contributed by atoms with Crippen LogP contribution in [0.5, 0.6) is 0 Å². The van der Waals surface area contributed by atoms with Crippen molar-refractivity contribution in [1.82, 2.24) is 10.3 Å². The molecule has 0 aliphatic heterocycles. The molecule has 0 heterocycles. The maximum absolute atomic E-state index is 5.21. The highest BCUT2D eigenvalue weighted by molar-refractivity contribution is 4.73. The van der Waals surface area contributed by atoms with Crippen LogP contribution >= 0.6 is 0 Å². The van der Waals surface area contributed by atoms with E-state index in [9.17, 15) is 0 Å². The first kappa shape index (κ1) is 7.98. The summed E-state index contributed by atoms with van der Waals surface area (Å²) >= 11 is 0. The third kappa shape index (κ3) is 1.94. The molecule has 3 N–H and O–H groups in total. The molecule has 0 bridgehead atoms. The first-order chi connectivity index (χ1) is 4.84. The lowest BCUT2D eigenvalue weighted by Crippen LogP contribution is -2.40. The van der Waals surface area contributed by atoms with Gasteiger partial charge in [0.15, 0.2) is 0 Å². The second-order valence-electron chi connectivity index (χ2n) is 3.06.